The number of benzene rings is 2. The fraction of sp³-hybridized carbons (Fsp3) is 0.360. The van der Waals surface area contributed by atoms with Crippen LogP contribution in [0.3, 0.4) is 0 Å². The van der Waals surface area contributed by atoms with Crippen molar-refractivity contribution in [2.45, 2.75) is 31.8 Å². The molecule has 0 bridgehead atoms. The molecule has 1 N–H and O–H groups in total. The molecule has 32 heavy (non-hydrogen) atoms. The van der Waals surface area contributed by atoms with Gasteiger partial charge in [0, 0.05) is 42.7 Å². The molecule has 1 saturated heterocycles. The highest BCUT2D eigenvalue weighted by Crippen LogP contribution is 2.31. The average molecular weight is 434 g/mol. The number of imide groups is 1. The number of H-pyrrole nitrogens is 1. The first-order valence-electron chi connectivity index (χ1n) is 11.0. The number of rotatable bonds is 6. The molecule has 2 aromatic carbocycles. The zero-order valence-electron chi connectivity index (χ0n) is 18.4. The van der Waals surface area contributed by atoms with Gasteiger partial charge in [0.25, 0.3) is 0 Å². The van der Waals surface area contributed by atoms with Gasteiger partial charge in [0.05, 0.1) is 26.7 Å². The van der Waals surface area contributed by atoms with E-state index in [4.69, 9.17) is 9.47 Å². The number of para-hydroxylation sites is 1. The normalized spacial score (nSPS) is 18.9. The molecule has 1 fully saturated rings. The molecule has 0 radical (unpaired) electrons. The van der Waals surface area contributed by atoms with Gasteiger partial charge in [-0.1, -0.05) is 24.3 Å². The molecule has 7 heteroatoms. The summed E-state index contributed by atoms with van der Waals surface area (Å²) in [5.41, 5.74) is 4.61. The Labute approximate surface area is 186 Å². The second-order valence-electron chi connectivity index (χ2n) is 8.39. The lowest BCUT2D eigenvalue weighted by Gasteiger charge is -2.31. The molecule has 7 nitrogen and oxygen atoms in total. The minimum atomic E-state index is -0.380. The largest absolute Gasteiger partial charge is 0.493 e. The highest BCUT2D eigenvalue weighted by atomic mass is 16.5. The first-order valence-corrected chi connectivity index (χ1v) is 11.0. The van der Waals surface area contributed by atoms with Crippen LogP contribution in [0.15, 0.2) is 42.5 Å². The van der Waals surface area contributed by atoms with E-state index >= 15 is 0 Å². The summed E-state index contributed by atoms with van der Waals surface area (Å²) in [7, 11) is 3.19. The van der Waals surface area contributed by atoms with Gasteiger partial charge in [0.15, 0.2) is 11.5 Å². The highest BCUT2D eigenvalue weighted by molar-refractivity contribution is 6.05. The standard InChI is InChI=1S/C25H27N3O4/c1-31-22-8-7-16(13-23(22)32-2)9-12-28-24(29)14-21(25(28)30)27-11-10-20-18(15-27)17-5-3-4-6-19(17)26-20/h3-8,13,21,26H,9-12,14-15H2,1-2H3/t21-/m0/s1. The Morgan fingerprint density at radius 2 is 1.88 bits per heavy atom. The van der Waals surface area contributed by atoms with Gasteiger partial charge in [0.2, 0.25) is 11.8 Å². The molecule has 0 unspecified atom stereocenters. The number of aromatic nitrogens is 1. The van der Waals surface area contributed by atoms with Crippen LogP contribution >= 0.6 is 0 Å². The van der Waals surface area contributed by atoms with E-state index in [0.29, 0.717) is 31.0 Å². The van der Waals surface area contributed by atoms with Crippen molar-refractivity contribution in [3.63, 3.8) is 0 Å². The number of nitrogens with zero attached hydrogens (tertiary/aromatic N) is 2. The molecule has 5 rings (SSSR count). The third kappa shape index (κ3) is 3.52. The zero-order chi connectivity index (χ0) is 22.2. The van der Waals surface area contributed by atoms with E-state index in [1.165, 1.54) is 21.5 Å². The van der Waals surface area contributed by atoms with Gasteiger partial charge in [-0.05, 0) is 35.7 Å². The minimum Gasteiger partial charge on any atom is -0.493 e. The number of hydrogen-bond acceptors (Lipinski definition) is 5. The molecule has 2 amide bonds. The van der Waals surface area contributed by atoms with Gasteiger partial charge in [0.1, 0.15) is 0 Å². The van der Waals surface area contributed by atoms with E-state index in [-0.39, 0.29) is 24.3 Å². The average Bonchev–Trinajstić information content (AvgIpc) is 3.33. The van der Waals surface area contributed by atoms with E-state index in [9.17, 15) is 9.59 Å². The topological polar surface area (TPSA) is 74.9 Å². The second kappa shape index (κ2) is 8.31. The fourth-order valence-electron chi connectivity index (χ4n) is 4.92. The Morgan fingerprint density at radius 3 is 2.69 bits per heavy atom. The summed E-state index contributed by atoms with van der Waals surface area (Å²) in [6.45, 7) is 1.83. The van der Waals surface area contributed by atoms with Crippen molar-refractivity contribution in [2.75, 3.05) is 27.3 Å². The number of fused-ring (bicyclic) bond motifs is 3. The van der Waals surface area contributed by atoms with Crippen LogP contribution in [0.1, 0.15) is 23.2 Å². The summed E-state index contributed by atoms with van der Waals surface area (Å²) < 4.78 is 10.6. The van der Waals surface area contributed by atoms with Crippen molar-refractivity contribution in [1.82, 2.24) is 14.8 Å². The molecule has 0 spiro atoms. The number of ether oxygens (including phenoxy) is 2. The van der Waals surface area contributed by atoms with Crippen molar-refractivity contribution in [1.29, 1.82) is 0 Å². The van der Waals surface area contributed by atoms with Crippen LogP contribution in [-0.2, 0) is 29.0 Å². The summed E-state index contributed by atoms with van der Waals surface area (Å²) in [5.74, 6) is 1.13. The lowest BCUT2D eigenvalue weighted by atomic mass is 10.0. The lowest BCUT2D eigenvalue weighted by Crippen LogP contribution is -2.44. The van der Waals surface area contributed by atoms with Crippen molar-refractivity contribution >= 4 is 22.7 Å². The summed E-state index contributed by atoms with van der Waals surface area (Å²) in [6.07, 6.45) is 1.69. The Morgan fingerprint density at radius 1 is 1.06 bits per heavy atom. The van der Waals surface area contributed by atoms with Crippen LogP contribution in [0.2, 0.25) is 0 Å². The second-order valence-corrected chi connectivity index (χ2v) is 8.39. The number of hydrogen-bond donors (Lipinski definition) is 1. The van der Waals surface area contributed by atoms with E-state index in [1.54, 1.807) is 14.2 Å². The monoisotopic (exact) mass is 433 g/mol. The Hall–Kier alpha value is -3.32. The highest BCUT2D eigenvalue weighted by Gasteiger charge is 2.42. The smallest absolute Gasteiger partial charge is 0.247 e. The number of methoxy groups -OCH3 is 2. The number of carbonyl (C=O) groups is 2. The number of amides is 2. The number of nitrogens with one attached hydrogen (secondary N) is 1. The third-order valence-electron chi connectivity index (χ3n) is 6.65. The summed E-state index contributed by atoms with van der Waals surface area (Å²) in [5, 5.41) is 1.20. The molecule has 166 valence electrons. The lowest BCUT2D eigenvalue weighted by molar-refractivity contribution is -0.139. The molecular formula is C25H27N3O4. The van der Waals surface area contributed by atoms with Crippen LogP contribution in [0.5, 0.6) is 11.5 Å². The van der Waals surface area contributed by atoms with Gasteiger partial charge in [-0.2, -0.15) is 0 Å². The zero-order valence-corrected chi connectivity index (χ0v) is 18.4. The number of aromatic amines is 1. The van der Waals surface area contributed by atoms with Crippen LogP contribution in [0, 0.1) is 0 Å². The Bertz CT molecular complexity index is 1190. The molecule has 0 saturated carbocycles. The molecular weight excluding hydrogens is 406 g/mol. The van der Waals surface area contributed by atoms with Crippen LogP contribution in [0.4, 0.5) is 0 Å². The van der Waals surface area contributed by atoms with E-state index < -0.39 is 0 Å². The van der Waals surface area contributed by atoms with Gasteiger partial charge in [-0.25, -0.2) is 0 Å². The van der Waals surface area contributed by atoms with Gasteiger partial charge >= 0.3 is 0 Å². The van der Waals surface area contributed by atoms with Gasteiger partial charge < -0.3 is 14.5 Å². The van der Waals surface area contributed by atoms with E-state index in [1.807, 2.05) is 30.3 Å². The third-order valence-corrected chi connectivity index (χ3v) is 6.65. The van der Waals surface area contributed by atoms with Crippen LogP contribution in [-0.4, -0.2) is 59.9 Å². The summed E-state index contributed by atoms with van der Waals surface area (Å²) in [4.78, 5) is 33.0. The van der Waals surface area contributed by atoms with Crippen molar-refractivity contribution in [3.8, 4) is 11.5 Å². The van der Waals surface area contributed by atoms with Crippen LogP contribution in [0.25, 0.3) is 10.9 Å². The fourth-order valence-corrected chi connectivity index (χ4v) is 4.92. The molecule has 3 aromatic rings. The van der Waals surface area contributed by atoms with Crippen molar-refractivity contribution < 1.29 is 19.1 Å². The van der Waals surface area contributed by atoms with Crippen LogP contribution < -0.4 is 9.47 Å². The number of carbonyl (C=O) groups excluding carboxylic acids is 2. The predicted molar refractivity (Wildman–Crippen MR) is 121 cm³/mol. The molecule has 3 heterocycles. The van der Waals surface area contributed by atoms with E-state index in [0.717, 1.165) is 24.0 Å². The first kappa shape index (κ1) is 20.6. The molecule has 1 aromatic heterocycles. The maximum absolute atomic E-state index is 13.2. The quantitative estimate of drug-likeness (QED) is 0.605. The number of likely N-dealkylation sites (tertiary alicyclic amines) is 1. The summed E-state index contributed by atoms with van der Waals surface area (Å²) in [6, 6.07) is 13.6. The maximum atomic E-state index is 13.2. The summed E-state index contributed by atoms with van der Waals surface area (Å²) >= 11 is 0. The maximum Gasteiger partial charge on any atom is 0.247 e. The molecule has 2 aliphatic heterocycles. The molecule has 2 aliphatic rings. The molecule has 1 atom stereocenters. The Balaban J connectivity index is 1.28. The van der Waals surface area contributed by atoms with Crippen molar-refractivity contribution in [2.24, 2.45) is 0 Å². The van der Waals surface area contributed by atoms with E-state index in [2.05, 4.69) is 22.0 Å². The first-order chi connectivity index (χ1) is 15.6. The molecule has 0 aliphatic carbocycles. The Kier molecular flexibility index (Phi) is 5.35. The SMILES string of the molecule is COc1ccc(CCN2C(=O)C[C@H](N3CCc4[nH]c5ccccc5c4C3)C2=O)cc1OC. The predicted octanol–water partition coefficient (Wildman–Crippen LogP) is 2.91. The minimum absolute atomic E-state index is 0.0845. The van der Waals surface area contributed by atoms with Crippen molar-refractivity contribution in [3.05, 3.63) is 59.3 Å². The van der Waals surface area contributed by atoms with Gasteiger partial charge in [-0.3, -0.25) is 19.4 Å². The van der Waals surface area contributed by atoms with Gasteiger partial charge in [-0.15, -0.1) is 0 Å².